The van der Waals surface area contributed by atoms with Crippen molar-refractivity contribution < 1.29 is 32.1 Å². The van der Waals surface area contributed by atoms with Gasteiger partial charge in [-0.15, -0.1) is 0 Å². The number of aromatic nitrogens is 1. The minimum Gasteiger partial charge on any atom is -0.493 e. The number of hydrogen-bond donors (Lipinski definition) is 1. The van der Waals surface area contributed by atoms with Crippen LogP contribution in [0.1, 0.15) is 5.56 Å². The maximum absolute atomic E-state index is 12.1. The van der Waals surface area contributed by atoms with Gasteiger partial charge in [-0.1, -0.05) is 0 Å². The highest BCUT2D eigenvalue weighted by molar-refractivity contribution is 5.54. The molecule has 1 aromatic heterocycles. The molecular weight excluding hydrogens is 353 g/mol. The van der Waals surface area contributed by atoms with Gasteiger partial charge in [0.1, 0.15) is 0 Å². The smallest absolute Gasteiger partial charge is 0.422 e. The van der Waals surface area contributed by atoms with Crippen LogP contribution in [0.3, 0.4) is 0 Å². The van der Waals surface area contributed by atoms with Gasteiger partial charge in [0.25, 0.3) is 0 Å². The van der Waals surface area contributed by atoms with E-state index in [0.717, 1.165) is 5.56 Å². The summed E-state index contributed by atoms with van der Waals surface area (Å²) in [5.41, 5.74) is 1.48. The molecule has 0 radical (unpaired) electrons. The van der Waals surface area contributed by atoms with Crippen LogP contribution in [0.15, 0.2) is 30.5 Å². The number of ether oxygens (including phenoxy) is 4. The van der Waals surface area contributed by atoms with E-state index in [1.54, 1.807) is 18.2 Å². The number of halogens is 3. The fourth-order valence-corrected chi connectivity index (χ4v) is 2.17. The van der Waals surface area contributed by atoms with Crippen molar-refractivity contribution in [2.45, 2.75) is 12.7 Å². The molecule has 0 aliphatic heterocycles. The summed E-state index contributed by atoms with van der Waals surface area (Å²) in [5.74, 6) is 1.45. The Labute approximate surface area is 148 Å². The number of anilines is 1. The highest BCUT2D eigenvalue weighted by atomic mass is 19.4. The number of benzene rings is 1. The Balaban J connectivity index is 2.02. The zero-order valence-electron chi connectivity index (χ0n) is 14.5. The number of rotatable bonds is 8. The lowest BCUT2D eigenvalue weighted by molar-refractivity contribution is -0.154. The third-order valence-corrected chi connectivity index (χ3v) is 3.34. The summed E-state index contributed by atoms with van der Waals surface area (Å²) in [5, 5.41) is 3.11. The molecule has 1 heterocycles. The summed E-state index contributed by atoms with van der Waals surface area (Å²) >= 11 is 0. The van der Waals surface area contributed by atoms with Crippen molar-refractivity contribution in [3.63, 3.8) is 0 Å². The summed E-state index contributed by atoms with van der Waals surface area (Å²) < 4.78 is 56.7. The largest absolute Gasteiger partial charge is 0.493 e. The molecule has 0 aliphatic rings. The lowest BCUT2D eigenvalue weighted by atomic mass is 10.1. The number of alkyl halides is 3. The Morgan fingerprint density at radius 2 is 1.65 bits per heavy atom. The molecule has 0 atom stereocenters. The summed E-state index contributed by atoms with van der Waals surface area (Å²) in [7, 11) is 4.57. The number of hydrogen-bond acceptors (Lipinski definition) is 6. The first-order valence-corrected chi connectivity index (χ1v) is 7.54. The molecule has 0 fully saturated rings. The number of nitrogens with zero attached hydrogens (tertiary/aromatic N) is 1. The second-order valence-corrected chi connectivity index (χ2v) is 5.18. The van der Waals surface area contributed by atoms with Crippen LogP contribution in [-0.2, 0) is 6.54 Å². The highest BCUT2D eigenvalue weighted by Gasteiger charge is 2.28. The lowest BCUT2D eigenvalue weighted by Gasteiger charge is -2.15. The van der Waals surface area contributed by atoms with Gasteiger partial charge in [0.2, 0.25) is 11.6 Å². The fourth-order valence-electron chi connectivity index (χ4n) is 2.17. The predicted molar refractivity (Wildman–Crippen MR) is 89.2 cm³/mol. The second kappa shape index (κ2) is 8.50. The first kappa shape index (κ1) is 19.5. The predicted octanol–water partition coefficient (Wildman–Crippen LogP) is 3.66. The Kier molecular flexibility index (Phi) is 6.37. The van der Waals surface area contributed by atoms with E-state index in [0.29, 0.717) is 29.5 Å². The minimum absolute atomic E-state index is 0.0966. The molecule has 9 heteroatoms. The van der Waals surface area contributed by atoms with Crippen molar-refractivity contribution in [3.8, 4) is 23.1 Å². The van der Waals surface area contributed by atoms with Gasteiger partial charge < -0.3 is 24.3 Å². The van der Waals surface area contributed by atoms with Crippen LogP contribution in [0, 0.1) is 0 Å². The minimum atomic E-state index is -4.40. The molecule has 142 valence electrons. The van der Waals surface area contributed by atoms with E-state index in [9.17, 15) is 13.2 Å². The molecule has 0 spiro atoms. The molecule has 0 amide bonds. The molecule has 0 unspecified atom stereocenters. The lowest BCUT2D eigenvalue weighted by Crippen LogP contribution is -2.19. The van der Waals surface area contributed by atoms with Crippen LogP contribution >= 0.6 is 0 Å². The molecule has 2 rings (SSSR count). The molecule has 1 aromatic carbocycles. The van der Waals surface area contributed by atoms with E-state index in [1.165, 1.54) is 33.6 Å². The van der Waals surface area contributed by atoms with Gasteiger partial charge in [-0.25, -0.2) is 4.98 Å². The third kappa shape index (κ3) is 5.33. The summed E-state index contributed by atoms with van der Waals surface area (Å²) in [6, 6.07) is 6.53. The number of methoxy groups -OCH3 is 3. The van der Waals surface area contributed by atoms with E-state index in [-0.39, 0.29) is 5.88 Å². The Hall–Kier alpha value is -2.84. The van der Waals surface area contributed by atoms with Crippen LogP contribution in [-0.4, -0.2) is 39.1 Å². The SMILES string of the molecule is COc1cc(CNc2ccc(OCC(F)(F)F)nc2)cc(OC)c1OC. The monoisotopic (exact) mass is 372 g/mol. The van der Waals surface area contributed by atoms with E-state index < -0.39 is 12.8 Å². The molecule has 0 saturated carbocycles. The first-order valence-electron chi connectivity index (χ1n) is 7.54. The van der Waals surface area contributed by atoms with Crippen molar-refractivity contribution >= 4 is 5.69 Å². The molecule has 26 heavy (non-hydrogen) atoms. The maximum Gasteiger partial charge on any atom is 0.422 e. The topological polar surface area (TPSA) is 61.8 Å². The Bertz CT molecular complexity index is 696. The zero-order chi connectivity index (χ0) is 19.2. The average molecular weight is 372 g/mol. The van der Waals surface area contributed by atoms with Crippen molar-refractivity contribution in [1.82, 2.24) is 4.98 Å². The van der Waals surface area contributed by atoms with E-state index in [2.05, 4.69) is 15.0 Å². The second-order valence-electron chi connectivity index (χ2n) is 5.18. The van der Waals surface area contributed by atoms with Crippen LogP contribution in [0.5, 0.6) is 23.1 Å². The number of pyridine rings is 1. The van der Waals surface area contributed by atoms with Gasteiger partial charge in [0.05, 0.1) is 33.2 Å². The van der Waals surface area contributed by atoms with Crippen molar-refractivity contribution in [3.05, 3.63) is 36.0 Å². The van der Waals surface area contributed by atoms with Crippen molar-refractivity contribution in [2.24, 2.45) is 0 Å². The molecule has 6 nitrogen and oxygen atoms in total. The van der Waals surface area contributed by atoms with Gasteiger partial charge >= 0.3 is 6.18 Å². The summed E-state index contributed by atoms with van der Waals surface area (Å²) in [4.78, 5) is 3.83. The summed E-state index contributed by atoms with van der Waals surface area (Å²) in [6.45, 7) is -0.959. The Morgan fingerprint density at radius 1 is 1.00 bits per heavy atom. The quantitative estimate of drug-likeness (QED) is 0.763. The van der Waals surface area contributed by atoms with Crippen LogP contribution in [0.4, 0.5) is 18.9 Å². The summed E-state index contributed by atoms with van der Waals surface area (Å²) in [6.07, 6.45) is -3.01. The fraction of sp³-hybridized carbons (Fsp3) is 0.353. The maximum atomic E-state index is 12.1. The third-order valence-electron chi connectivity index (χ3n) is 3.34. The Morgan fingerprint density at radius 3 is 2.12 bits per heavy atom. The van der Waals surface area contributed by atoms with Gasteiger partial charge in [-0.05, 0) is 23.8 Å². The van der Waals surface area contributed by atoms with E-state index in [1.807, 2.05) is 0 Å². The highest BCUT2D eigenvalue weighted by Crippen LogP contribution is 2.38. The molecule has 0 saturated heterocycles. The van der Waals surface area contributed by atoms with Gasteiger partial charge in [0, 0.05) is 12.6 Å². The van der Waals surface area contributed by atoms with Gasteiger partial charge in [-0.3, -0.25) is 0 Å². The zero-order valence-corrected chi connectivity index (χ0v) is 14.5. The van der Waals surface area contributed by atoms with E-state index >= 15 is 0 Å². The van der Waals surface area contributed by atoms with Gasteiger partial charge in [0.15, 0.2) is 18.1 Å². The van der Waals surface area contributed by atoms with Crippen molar-refractivity contribution in [1.29, 1.82) is 0 Å². The first-order chi connectivity index (χ1) is 12.4. The van der Waals surface area contributed by atoms with Crippen LogP contribution in [0.2, 0.25) is 0 Å². The van der Waals surface area contributed by atoms with Crippen LogP contribution in [0.25, 0.3) is 0 Å². The molecule has 0 bridgehead atoms. The molecule has 0 aliphatic carbocycles. The molecule has 1 N–H and O–H groups in total. The van der Waals surface area contributed by atoms with E-state index in [4.69, 9.17) is 14.2 Å². The molecular formula is C17H19F3N2O4. The standard InChI is InChI=1S/C17H19F3N2O4/c1-23-13-6-11(7-14(24-2)16(13)25-3)8-21-12-4-5-15(22-9-12)26-10-17(18,19)20/h4-7,9,21H,8,10H2,1-3H3. The van der Waals surface area contributed by atoms with Gasteiger partial charge in [-0.2, -0.15) is 13.2 Å². The molecule has 2 aromatic rings. The number of nitrogens with one attached hydrogen (secondary N) is 1. The normalized spacial score (nSPS) is 11.0. The average Bonchev–Trinajstić information content (AvgIpc) is 2.63. The van der Waals surface area contributed by atoms with Crippen LogP contribution < -0.4 is 24.3 Å². The van der Waals surface area contributed by atoms with Crippen molar-refractivity contribution in [2.75, 3.05) is 33.3 Å².